The first-order valence-electron chi connectivity index (χ1n) is 5.80. The number of hydrogen-bond acceptors (Lipinski definition) is 6. The smallest absolute Gasteiger partial charge is 0.310 e. The number of nitrogens with one attached hydrogen (secondary N) is 1. The number of hydrazone groups is 1. The molecular formula is C13H10N4O4. The maximum Gasteiger partial charge on any atom is 0.310 e. The van der Waals surface area contributed by atoms with Gasteiger partial charge in [0.25, 0.3) is 5.91 Å². The lowest BCUT2D eigenvalue weighted by Crippen LogP contribution is -2.18. The number of aromatic nitrogens is 1. The zero-order valence-electron chi connectivity index (χ0n) is 10.6. The van der Waals surface area contributed by atoms with E-state index >= 15 is 0 Å². The SMILES string of the molecule is O=C(N/N=C\c1ccc([N+](=O)[O-])c(O)c1)c1ccccn1. The maximum atomic E-state index is 11.6. The van der Waals surface area contributed by atoms with Crippen LogP contribution < -0.4 is 5.43 Å². The highest BCUT2D eigenvalue weighted by Gasteiger charge is 2.12. The second-order valence-corrected chi connectivity index (χ2v) is 3.92. The molecule has 1 aromatic carbocycles. The van der Waals surface area contributed by atoms with Crippen LogP contribution in [0.15, 0.2) is 47.7 Å². The van der Waals surface area contributed by atoms with Crippen molar-refractivity contribution in [3.63, 3.8) is 0 Å². The summed E-state index contributed by atoms with van der Waals surface area (Å²) >= 11 is 0. The number of phenols is 1. The van der Waals surface area contributed by atoms with Gasteiger partial charge in [0.15, 0.2) is 5.75 Å². The molecule has 0 unspecified atom stereocenters. The van der Waals surface area contributed by atoms with Gasteiger partial charge in [-0.1, -0.05) is 6.07 Å². The quantitative estimate of drug-likeness (QED) is 0.501. The van der Waals surface area contributed by atoms with Crippen LogP contribution in [0, 0.1) is 10.1 Å². The van der Waals surface area contributed by atoms with Gasteiger partial charge in [-0.05, 0) is 29.8 Å². The van der Waals surface area contributed by atoms with Crippen molar-refractivity contribution in [2.45, 2.75) is 0 Å². The number of nitro benzene ring substituents is 1. The third-order valence-corrected chi connectivity index (χ3v) is 2.47. The highest BCUT2D eigenvalue weighted by atomic mass is 16.6. The van der Waals surface area contributed by atoms with Gasteiger partial charge in [-0.25, -0.2) is 5.43 Å². The van der Waals surface area contributed by atoms with E-state index < -0.39 is 22.3 Å². The number of aromatic hydroxyl groups is 1. The third kappa shape index (κ3) is 3.60. The second-order valence-electron chi connectivity index (χ2n) is 3.92. The summed E-state index contributed by atoms with van der Waals surface area (Å²) in [6, 6.07) is 8.60. The molecule has 0 fully saturated rings. The molecule has 0 saturated heterocycles. The Hall–Kier alpha value is -3.29. The van der Waals surface area contributed by atoms with Crippen LogP contribution in [0.2, 0.25) is 0 Å². The Kier molecular flexibility index (Phi) is 4.20. The number of nitro groups is 1. The van der Waals surface area contributed by atoms with Crippen molar-refractivity contribution in [2.24, 2.45) is 5.10 Å². The minimum absolute atomic E-state index is 0.209. The van der Waals surface area contributed by atoms with Crippen molar-refractivity contribution in [3.05, 3.63) is 64.0 Å². The van der Waals surface area contributed by atoms with Crippen LogP contribution in [-0.2, 0) is 0 Å². The van der Waals surface area contributed by atoms with Gasteiger partial charge in [-0.15, -0.1) is 0 Å². The fraction of sp³-hybridized carbons (Fsp3) is 0. The van der Waals surface area contributed by atoms with Crippen LogP contribution in [0.3, 0.4) is 0 Å². The largest absolute Gasteiger partial charge is 0.502 e. The van der Waals surface area contributed by atoms with E-state index in [1.54, 1.807) is 12.1 Å². The summed E-state index contributed by atoms with van der Waals surface area (Å²) in [5.41, 5.74) is 2.47. The van der Waals surface area contributed by atoms with Crippen molar-refractivity contribution in [1.82, 2.24) is 10.4 Å². The Morgan fingerprint density at radius 3 is 2.81 bits per heavy atom. The Morgan fingerprint density at radius 2 is 2.19 bits per heavy atom. The van der Waals surface area contributed by atoms with Crippen molar-refractivity contribution in [2.75, 3.05) is 0 Å². The highest BCUT2D eigenvalue weighted by molar-refractivity contribution is 5.93. The topological polar surface area (TPSA) is 118 Å². The van der Waals surface area contributed by atoms with Gasteiger partial charge in [0.1, 0.15) is 5.69 Å². The molecule has 2 N–H and O–H groups in total. The average Bonchev–Trinajstić information content (AvgIpc) is 2.47. The molecule has 0 saturated carbocycles. The van der Waals surface area contributed by atoms with Crippen molar-refractivity contribution in [1.29, 1.82) is 0 Å². The monoisotopic (exact) mass is 286 g/mol. The van der Waals surface area contributed by atoms with Crippen LogP contribution in [0.5, 0.6) is 5.75 Å². The van der Waals surface area contributed by atoms with E-state index in [2.05, 4.69) is 15.5 Å². The average molecular weight is 286 g/mol. The number of phenolic OH excluding ortho intramolecular Hbond substituents is 1. The Labute approximate surface area is 118 Å². The predicted octanol–water partition coefficient (Wildman–Crippen LogP) is 1.46. The number of carbonyl (C=O) groups is 1. The molecule has 8 heteroatoms. The van der Waals surface area contributed by atoms with Gasteiger partial charge < -0.3 is 5.11 Å². The molecule has 21 heavy (non-hydrogen) atoms. The Balaban J connectivity index is 2.03. The molecule has 106 valence electrons. The lowest BCUT2D eigenvalue weighted by molar-refractivity contribution is -0.385. The van der Waals surface area contributed by atoms with E-state index in [0.717, 1.165) is 6.07 Å². The fourth-order valence-electron chi connectivity index (χ4n) is 1.49. The lowest BCUT2D eigenvalue weighted by Gasteiger charge is -1.99. The molecule has 0 radical (unpaired) electrons. The molecule has 2 aromatic rings. The summed E-state index contributed by atoms with van der Waals surface area (Å²) in [6.45, 7) is 0. The minimum Gasteiger partial charge on any atom is -0.502 e. The molecule has 0 aliphatic heterocycles. The maximum absolute atomic E-state index is 11.6. The zero-order chi connectivity index (χ0) is 15.2. The van der Waals surface area contributed by atoms with Gasteiger partial charge in [0, 0.05) is 12.3 Å². The molecule has 0 atom stereocenters. The van der Waals surface area contributed by atoms with Gasteiger partial charge in [-0.3, -0.25) is 19.9 Å². The normalized spacial score (nSPS) is 10.5. The summed E-state index contributed by atoms with van der Waals surface area (Å²) < 4.78 is 0. The van der Waals surface area contributed by atoms with Crippen LogP contribution in [-0.4, -0.2) is 27.1 Å². The first-order valence-corrected chi connectivity index (χ1v) is 5.80. The van der Waals surface area contributed by atoms with Crippen molar-refractivity contribution in [3.8, 4) is 5.75 Å². The number of amides is 1. The molecule has 1 heterocycles. The first kappa shape index (κ1) is 14.1. The van der Waals surface area contributed by atoms with E-state index in [4.69, 9.17) is 0 Å². The number of carbonyl (C=O) groups excluding carboxylic acids is 1. The molecule has 0 spiro atoms. The van der Waals surface area contributed by atoms with E-state index in [-0.39, 0.29) is 5.69 Å². The molecule has 0 aliphatic rings. The highest BCUT2D eigenvalue weighted by Crippen LogP contribution is 2.25. The molecular weight excluding hydrogens is 276 g/mol. The first-order chi connectivity index (χ1) is 10.1. The van der Waals surface area contributed by atoms with E-state index in [1.807, 2.05) is 0 Å². The minimum atomic E-state index is -0.695. The van der Waals surface area contributed by atoms with Gasteiger partial charge >= 0.3 is 5.69 Å². The summed E-state index contributed by atoms with van der Waals surface area (Å²) in [4.78, 5) is 25.3. The number of rotatable bonds is 4. The summed E-state index contributed by atoms with van der Waals surface area (Å²) in [7, 11) is 0. The van der Waals surface area contributed by atoms with Crippen LogP contribution in [0.25, 0.3) is 0 Å². The Bertz CT molecular complexity index is 701. The molecule has 1 aromatic heterocycles. The van der Waals surface area contributed by atoms with Crippen molar-refractivity contribution >= 4 is 17.8 Å². The number of benzene rings is 1. The summed E-state index contributed by atoms with van der Waals surface area (Å²) in [5.74, 6) is -0.960. The van der Waals surface area contributed by atoms with Crippen LogP contribution in [0.4, 0.5) is 5.69 Å². The number of nitrogens with zero attached hydrogens (tertiary/aromatic N) is 3. The molecule has 0 aliphatic carbocycles. The summed E-state index contributed by atoms with van der Waals surface area (Å²) in [5, 5.41) is 23.7. The Morgan fingerprint density at radius 1 is 1.38 bits per heavy atom. The van der Waals surface area contributed by atoms with Crippen LogP contribution >= 0.6 is 0 Å². The van der Waals surface area contributed by atoms with Gasteiger partial charge in [-0.2, -0.15) is 5.10 Å². The van der Waals surface area contributed by atoms with Crippen LogP contribution in [0.1, 0.15) is 16.1 Å². The van der Waals surface area contributed by atoms with Gasteiger partial charge in [0.05, 0.1) is 11.1 Å². The lowest BCUT2D eigenvalue weighted by atomic mass is 10.2. The van der Waals surface area contributed by atoms with E-state index in [9.17, 15) is 20.0 Å². The standard InChI is InChI=1S/C13H10N4O4/c18-12-7-9(4-5-11(12)17(20)21)8-15-16-13(19)10-3-1-2-6-14-10/h1-8,18H,(H,16,19)/b15-8-. The van der Waals surface area contributed by atoms with Crippen molar-refractivity contribution < 1.29 is 14.8 Å². The molecule has 0 bridgehead atoms. The fourth-order valence-corrected chi connectivity index (χ4v) is 1.49. The molecule has 2 rings (SSSR count). The van der Waals surface area contributed by atoms with Gasteiger partial charge in [0.2, 0.25) is 0 Å². The second kappa shape index (κ2) is 6.24. The predicted molar refractivity (Wildman–Crippen MR) is 74.1 cm³/mol. The van der Waals surface area contributed by atoms with E-state index in [1.165, 1.54) is 30.6 Å². The zero-order valence-corrected chi connectivity index (χ0v) is 10.6. The molecule has 1 amide bonds. The number of pyridine rings is 1. The van der Waals surface area contributed by atoms with E-state index in [0.29, 0.717) is 5.56 Å². The summed E-state index contributed by atoms with van der Waals surface area (Å²) in [6.07, 6.45) is 2.73. The third-order valence-electron chi connectivity index (χ3n) is 2.47. The number of hydrogen-bond donors (Lipinski definition) is 2. The molecule has 8 nitrogen and oxygen atoms in total.